The van der Waals surface area contributed by atoms with E-state index in [0.29, 0.717) is 0 Å². The standard InChI is InChI=1S/C18H35N2.CHNS/c1-3-4-5-6-7-8-9-10-11-12-13-14-15-20-17-16-19(2)18-20;2-1-3/h16-18H,3-15H2,1-2H3;3H/q+1;/p-1. The van der Waals surface area contributed by atoms with E-state index in [9.17, 15) is 0 Å². The molecule has 132 valence electrons. The smallest absolute Gasteiger partial charge is 0.243 e. The van der Waals surface area contributed by atoms with E-state index < -0.39 is 0 Å². The summed E-state index contributed by atoms with van der Waals surface area (Å²) in [6.45, 7) is 3.47. The van der Waals surface area contributed by atoms with Crippen molar-refractivity contribution < 1.29 is 4.57 Å². The fraction of sp³-hybridized carbons (Fsp3) is 0.789. The average Bonchev–Trinajstić information content (AvgIpc) is 2.95. The largest absolute Gasteiger partial charge is 0.696 e. The summed E-state index contributed by atoms with van der Waals surface area (Å²) < 4.78 is 4.40. The Kier molecular flexibility index (Phi) is 16.5. The number of imidazole rings is 1. The van der Waals surface area contributed by atoms with Gasteiger partial charge >= 0.3 is 0 Å². The summed E-state index contributed by atoms with van der Waals surface area (Å²) in [7, 11) is 2.08. The van der Waals surface area contributed by atoms with Gasteiger partial charge in [0.2, 0.25) is 6.33 Å². The second-order valence-corrected chi connectivity index (χ2v) is 6.48. The molecule has 0 atom stereocenters. The van der Waals surface area contributed by atoms with Crippen LogP contribution in [-0.4, -0.2) is 4.57 Å². The molecule has 3 nitrogen and oxygen atoms in total. The van der Waals surface area contributed by atoms with E-state index in [2.05, 4.69) is 54.5 Å². The Morgan fingerprint density at radius 1 is 0.913 bits per heavy atom. The van der Waals surface area contributed by atoms with Crippen LogP contribution in [0, 0.1) is 10.7 Å². The van der Waals surface area contributed by atoms with E-state index in [1.54, 1.807) is 0 Å². The summed E-state index contributed by atoms with van der Waals surface area (Å²) in [5, 5.41) is 8.47. The summed E-state index contributed by atoms with van der Waals surface area (Å²) in [6.07, 6.45) is 23.6. The maximum Gasteiger partial charge on any atom is 0.243 e. The molecule has 4 heteroatoms. The number of hydrogen-bond acceptors (Lipinski definition) is 2. The second-order valence-electron chi connectivity index (χ2n) is 6.30. The Morgan fingerprint density at radius 2 is 1.35 bits per heavy atom. The van der Waals surface area contributed by atoms with Crippen LogP contribution in [0.4, 0.5) is 0 Å². The third-order valence-corrected chi connectivity index (χ3v) is 4.09. The third kappa shape index (κ3) is 15.6. The van der Waals surface area contributed by atoms with Gasteiger partial charge in [0.15, 0.2) is 0 Å². The van der Waals surface area contributed by atoms with Crippen molar-refractivity contribution in [1.82, 2.24) is 4.57 Å². The molecule has 0 aliphatic rings. The van der Waals surface area contributed by atoms with Crippen LogP contribution in [0.1, 0.15) is 84.0 Å². The Labute approximate surface area is 149 Å². The van der Waals surface area contributed by atoms with Gasteiger partial charge in [-0.2, -0.15) is 0 Å². The van der Waals surface area contributed by atoms with Gasteiger partial charge in [0, 0.05) is 0 Å². The first kappa shape index (κ1) is 21.9. The van der Waals surface area contributed by atoms with Gasteiger partial charge in [0.05, 0.1) is 13.6 Å². The van der Waals surface area contributed by atoms with Crippen molar-refractivity contribution in [1.29, 1.82) is 5.26 Å². The minimum Gasteiger partial charge on any atom is -0.696 e. The van der Waals surface area contributed by atoms with Gasteiger partial charge in [-0.25, -0.2) is 14.4 Å². The Morgan fingerprint density at radius 3 is 1.74 bits per heavy atom. The molecule has 0 unspecified atom stereocenters. The van der Waals surface area contributed by atoms with Gasteiger partial charge in [0.1, 0.15) is 12.4 Å². The maximum absolute atomic E-state index is 7.13. The van der Waals surface area contributed by atoms with Crippen molar-refractivity contribution in [2.45, 2.75) is 90.5 Å². The molecule has 1 heterocycles. The molecule has 1 aromatic heterocycles. The third-order valence-electron chi connectivity index (χ3n) is 4.09. The molecule has 23 heavy (non-hydrogen) atoms. The molecule has 0 radical (unpaired) electrons. The number of aryl methyl sites for hydroxylation is 2. The van der Waals surface area contributed by atoms with E-state index in [1.165, 1.54) is 89.0 Å². The van der Waals surface area contributed by atoms with Crippen molar-refractivity contribution in [2.24, 2.45) is 7.05 Å². The van der Waals surface area contributed by atoms with E-state index in [1.807, 2.05) is 0 Å². The van der Waals surface area contributed by atoms with Crippen LogP contribution in [0.15, 0.2) is 18.7 Å². The van der Waals surface area contributed by atoms with Crippen LogP contribution >= 0.6 is 0 Å². The summed E-state index contributed by atoms with van der Waals surface area (Å²) in [4.78, 5) is 0. The fourth-order valence-electron chi connectivity index (χ4n) is 2.77. The topological polar surface area (TPSA) is 32.6 Å². The summed E-state index contributed by atoms with van der Waals surface area (Å²) in [5.41, 5.74) is 0. The highest BCUT2D eigenvalue weighted by atomic mass is 32.1. The van der Waals surface area contributed by atoms with Crippen LogP contribution in [0.25, 0.3) is 0 Å². The van der Waals surface area contributed by atoms with Gasteiger partial charge in [-0.3, -0.25) is 0 Å². The molecule has 0 saturated carbocycles. The first-order valence-electron chi connectivity index (χ1n) is 9.26. The quantitative estimate of drug-likeness (QED) is 0.219. The molecule has 0 spiro atoms. The fourth-order valence-corrected chi connectivity index (χ4v) is 2.77. The van der Waals surface area contributed by atoms with Crippen LogP contribution in [-0.2, 0) is 26.2 Å². The number of nitrogens with zero attached hydrogens (tertiary/aromatic N) is 3. The molecule has 1 aromatic rings. The predicted octanol–water partition coefficient (Wildman–Crippen LogP) is 5.03. The molecule has 0 fully saturated rings. The minimum absolute atomic E-state index is 1.18. The predicted molar refractivity (Wildman–Crippen MR) is 99.7 cm³/mol. The highest BCUT2D eigenvalue weighted by Crippen LogP contribution is 2.12. The molecule has 0 amide bonds. The molecular formula is C19H35N3S. The van der Waals surface area contributed by atoms with Gasteiger partial charge in [-0.15, -0.1) is 0 Å². The SMILES string of the molecule is CCCCCCCCCCCCCCn1cc[n+](C)c1.N#C[S-]. The highest BCUT2D eigenvalue weighted by Gasteiger charge is 1.99. The molecule has 1 rings (SSSR count). The molecule has 0 aromatic carbocycles. The summed E-state index contributed by atoms with van der Waals surface area (Å²) >= 11 is 3.70. The summed E-state index contributed by atoms with van der Waals surface area (Å²) in [6, 6.07) is 0. The lowest BCUT2D eigenvalue weighted by Gasteiger charge is -2.02. The zero-order valence-electron chi connectivity index (χ0n) is 15.2. The van der Waals surface area contributed by atoms with E-state index in [0.717, 1.165) is 0 Å². The van der Waals surface area contributed by atoms with Gasteiger partial charge in [0.25, 0.3) is 0 Å². The molecule has 0 saturated heterocycles. The zero-order chi connectivity index (χ0) is 17.2. The number of thiocyanates is 1. The van der Waals surface area contributed by atoms with Crippen LogP contribution in [0.3, 0.4) is 0 Å². The van der Waals surface area contributed by atoms with Crippen LogP contribution in [0.5, 0.6) is 0 Å². The van der Waals surface area contributed by atoms with Crippen molar-refractivity contribution in [3.8, 4) is 5.40 Å². The first-order chi connectivity index (χ1) is 11.2. The summed E-state index contributed by atoms with van der Waals surface area (Å²) in [5.74, 6) is 0. The first-order valence-corrected chi connectivity index (χ1v) is 9.67. The van der Waals surface area contributed by atoms with Crippen LogP contribution < -0.4 is 4.57 Å². The lowest BCUT2D eigenvalue weighted by molar-refractivity contribution is -0.671. The number of hydrogen-bond donors (Lipinski definition) is 0. The van der Waals surface area contributed by atoms with Gasteiger partial charge < -0.3 is 12.6 Å². The van der Waals surface area contributed by atoms with Gasteiger partial charge in [-0.1, -0.05) is 76.5 Å². The molecular weight excluding hydrogens is 302 g/mol. The second kappa shape index (κ2) is 17.3. The molecule has 0 N–H and O–H groups in total. The van der Waals surface area contributed by atoms with Crippen LogP contribution in [0.2, 0.25) is 0 Å². The van der Waals surface area contributed by atoms with Crippen molar-refractivity contribution >= 4 is 12.6 Å². The molecule has 0 aliphatic heterocycles. The lowest BCUT2D eigenvalue weighted by Crippen LogP contribution is -2.23. The average molecular weight is 338 g/mol. The number of nitriles is 1. The minimum atomic E-state index is 1.18. The molecule has 0 bridgehead atoms. The molecule has 0 aliphatic carbocycles. The van der Waals surface area contributed by atoms with E-state index in [-0.39, 0.29) is 0 Å². The van der Waals surface area contributed by atoms with Crippen molar-refractivity contribution in [2.75, 3.05) is 0 Å². The normalized spacial score (nSPS) is 9.96. The van der Waals surface area contributed by atoms with Gasteiger partial charge in [-0.05, 0) is 12.8 Å². The number of rotatable bonds is 13. The Hall–Kier alpha value is -1.08. The highest BCUT2D eigenvalue weighted by molar-refractivity contribution is 7.64. The van der Waals surface area contributed by atoms with Crippen molar-refractivity contribution in [3.63, 3.8) is 0 Å². The lowest BCUT2D eigenvalue weighted by atomic mass is 10.1. The zero-order valence-corrected chi connectivity index (χ0v) is 16.0. The van der Waals surface area contributed by atoms with Crippen molar-refractivity contribution in [3.05, 3.63) is 18.7 Å². The number of unbranched alkanes of at least 4 members (excludes halogenated alkanes) is 11. The number of aromatic nitrogens is 2. The monoisotopic (exact) mass is 337 g/mol. The van der Waals surface area contributed by atoms with E-state index in [4.69, 9.17) is 5.26 Å². The maximum atomic E-state index is 7.13. The Balaban J connectivity index is 0.00000149. The Bertz CT molecular complexity index is 396. The van der Waals surface area contributed by atoms with E-state index >= 15 is 0 Å².